The summed E-state index contributed by atoms with van der Waals surface area (Å²) in [7, 11) is 2.39. The van der Waals surface area contributed by atoms with Crippen molar-refractivity contribution in [3.63, 3.8) is 0 Å². The zero-order chi connectivity index (χ0) is 29.7. The van der Waals surface area contributed by atoms with Crippen LogP contribution in [0.5, 0.6) is 0 Å². The van der Waals surface area contributed by atoms with E-state index >= 15 is 0 Å². The zero-order valence-electron chi connectivity index (χ0n) is 23.1. The largest absolute Gasteiger partial charge is 0.466 e. The molecule has 1 aliphatic rings. The minimum atomic E-state index is -0.952. The number of methoxy groups -OCH3 is 2. The van der Waals surface area contributed by atoms with Crippen molar-refractivity contribution in [1.29, 1.82) is 5.26 Å². The second-order valence-corrected chi connectivity index (χ2v) is 9.42. The van der Waals surface area contributed by atoms with E-state index in [9.17, 15) is 19.6 Å². The Hall–Kier alpha value is -5.36. The van der Waals surface area contributed by atoms with Crippen LogP contribution in [0.1, 0.15) is 35.7 Å². The van der Waals surface area contributed by atoms with Crippen LogP contribution in [0.4, 0.5) is 5.69 Å². The Morgan fingerprint density at radius 1 is 0.854 bits per heavy atom. The molecule has 41 heavy (non-hydrogen) atoms. The van der Waals surface area contributed by atoms with E-state index in [0.717, 1.165) is 11.1 Å². The highest BCUT2D eigenvalue weighted by Gasteiger charge is 2.42. The summed E-state index contributed by atoms with van der Waals surface area (Å²) in [5, 5.41) is 10.2. The standard InChI is InChI=1S/C32H29N3O6/c1-19(2)41-30(36)23-12-8-11-22(17-23)20-13-15-24(16-14-20)35-28(32(38)40-4)27(31(37)39-3)26(25(18-33)29(35)34)21-9-6-5-7-10-21/h5-17,19,26H,34H2,1-4H3. The van der Waals surface area contributed by atoms with Gasteiger partial charge in [-0.05, 0) is 54.8 Å². The number of allylic oxidation sites excluding steroid dienone is 1. The van der Waals surface area contributed by atoms with Gasteiger partial charge < -0.3 is 19.9 Å². The molecular formula is C32H29N3O6. The third-order valence-corrected chi connectivity index (χ3v) is 6.51. The van der Waals surface area contributed by atoms with Crippen molar-refractivity contribution in [3.8, 4) is 17.2 Å². The maximum atomic E-state index is 13.2. The van der Waals surface area contributed by atoms with Crippen LogP contribution in [-0.2, 0) is 23.8 Å². The van der Waals surface area contributed by atoms with Crippen molar-refractivity contribution in [2.45, 2.75) is 25.9 Å². The van der Waals surface area contributed by atoms with Gasteiger partial charge in [0.1, 0.15) is 11.5 Å². The van der Waals surface area contributed by atoms with Crippen molar-refractivity contribution < 1.29 is 28.6 Å². The molecule has 1 aliphatic heterocycles. The fraction of sp³-hybridized carbons (Fsp3) is 0.188. The van der Waals surface area contributed by atoms with Gasteiger partial charge >= 0.3 is 17.9 Å². The monoisotopic (exact) mass is 551 g/mol. The number of nitrogens with two attached hydrogens (primary N) is 1. The van der Waals surface area contributed by atoms with Crippen LogP contribution in [0.15, 0.2) is 102 Å². The molecule has 208 valence electrons. The van der Waals surface area contributed by atoms with E-state index in [1.807, 2.05) is 6.07 Å². The van der Waals surface area contributed by atoms with Gasteiger partial charge in [-0.25, -0.2) is 14.4 Å². The number of nitriles is 1. The van der Waals surface area contributed by atoms with Gasteiger partial charge in [-0.1, -0.05) is 54.6 Å². The lowest BCUT2D eigenvalue weighted by Gasteiger charge is -2.36. The number of anilines is 1. The van der Waals surface area contributed by atoms with E-state index in [0.29, 0.717) is 16.8 Å². The third-order valence-electron chi connectivity index (χ3n) is 6.51. The topological polar surface area (TPSA) is 132 Å². The normalized spacial score (nSPS) is 14.9. The van der Waals surface area contributed by atoms with Crippen molar-refractivity contribution in [3.05, 3.63) is 113 Å². The molecule has 0 saturated heterocycles. The minimum absolute atomic E-state index is 0.0272. The summed E-state index contributed by atoms with van der Waals surface area (Å²) in [4.78, 5) is 40.2. The molecule has 3 aromatic rings. The molecule has 9 nitrogen and oxygen atoms in total. The molecule has 0 aromatic heterocycles. The Morgan fingerprint density at radius 2 is 1.51 bits per heavy atom. The molecule has 0 spiro atoms. The average Bonchev–Trinajstić information content (AvgIpc) is 2.99. The first-order valence-electron chi connectivity index (χ1n) is 12.8. The maximum absolute atomic E-state index is 13.2. The van der Waals surface area contributed by atoms with Gasteiger partial charge in [0.2, 0.25) is 0 Å². The molecular weight excluding hydrogens is 522 g/mol. The zero-order valence-corrected chi connectivity index (χ0v) is 23.1. The van der Waals surface area contributed by atoms with Crippen LogP contribution in [0, 0.1) is 11.3 Å². The van der Waals surface area contributed by atoms with Crippen molar-refractivity contribution in [1.82, 2.24) is 0 Å². The van der Waals surface area contributed by atoms with Crippen LogP contribution in [0.25, 0.3) is 11.1 Å². The lowest BCUT2D eigenvalue weighted by atomic mass is 9.81. The van der Waals surface area contributed by atoms with E-state index < -0.39 is 23.8 Å². The number of ether oxygens (including phenoxy) is 3. The van der Waals surface area contributed by atoms with Gasteiger partial charge in [-0.2, -0.15) is 5.26 Å². The quantitative estimate of drug-likeness (QED) is 0.324. The number of rotatable bonds is 7. The highest BCUT2D eigenvalue weighted by molar-refractivity contribution is 6.06. The molecule has 3 aromatic carbocycles. The average molecular weight is 552 g/mol. The highest BCUT2D eigenvalue weighted by atomic mass is 16.5. The van der Waals surface area contributed by atoms with Crippen LogP contribution >= 0.6 is 0 Å². The van der Waals surface area contributed by atoms with Crippen LogP contribution < -0.4 is 10.6 Å². The minimum Gasteiger partial charge on any atom is -0.466 e. The summed E-state index contributed by atoms with van der Waals surface area (Å²) >= 11 is 0. The van der Waals surface area contributed by atoms with E-state index in [4.69, 9.17) is 19.9 Å². The predicted octanol–water partition coefficient (Wildman–Crippen LogP) is 4.82. The molecule has 0 fully saturated rings. The van der Waals surface area contributed by atoms with Crippen LogP contribution in [-0.4, -0.2) is 38.2 Å². The molecule has 1 heterocycles. The Bertz CT molecular complexity index is 1580. The number of carbonyl (C=O) groups is 3. The number of nitrogens with zero attached hydrogens (tertiary/aromatic N) is 2. The van der Waals surface area contributed by atoms with Crippen LogP contribution in [0.3, 0.4) is 0 Å². The number of benzene rings is 3. The summed E-state index contributed by atoms with van der Waals surface area (Å²) in [5.41, 5.74) is 9.33. The van der Waals surface area contributed by atoms with E-state index in [1.54, 1.807) is 86.6 Å². The van der Waals surface area contributed by atoms with E-state index in [-0.39, 0.29) is 28.8 Å². The molecule has 9 heteroatoms. The Morgan fingerprint density at radius 3 is 2.10 bits per heavy atom. The summed E-state index contributed by atoms with van der Waals surface area (Å²) in [6.07, 6.45) is -0.250. The molecule has 1 atom stereocenters. The second-order valence-electron chi connectivity index (χ2n) is 9.42. The molecule has 0 aliphatic carbocycles. The summed E-state index contributed by atoms with van der Waals surface area (Å²) < 4.78 is 15.4. The molecule has 0 saturated carbocycles. The lowest BCUT2D eigenvalue weighted by Crippen LogP contribution is -2.40. The van der Waals surface area contributed by atoms with Crippen molar-refractivity contribution >= 4 is 23.6 Å². The first-order valence-corrected chi connectivity index (χ1v) is 12.8. The molecule has 2 N–H and O–H groups in total. The van der Waals surface area contributed by atoms with Gasteiger partial charge in [0.15, 0.2) is 0 Å². The first-order chi connectivity index (χ1) is 19.7. The molecule has 0 radical (unpaired) electrons. The Kier molecular flexibility index (Phi) is 8.54. The predicted molar refractivity (Wildman–Crippen MR) is 152 cm³/mol. The Labute approximate surface area is 238 Å². The second kappa shape index (κ2) is 12.2. The number of hydrogen-bond acceptors (Lipinski definition) is 9. The van der Waals surface area contributed by atoms with Gasteiger partial charge in [0, 0.05) is 5.69 Å². The Balaban J connectivity index is 1.85. The molecule has 0 amide bonds. The molecule has 4 rings (SSSR count). The molecule has 0 bridgehead atoms. The van der Waals surface area contributed by atoms with Crippen molar-refractivity contribution in [2.24, 2.45) is 5.73 Å². The third kappa shape index (κ3) is 5.68. The summed E-state index contributed by atoms with van der Waals surface area (Å²) in [6, 6.07) is 24.9. The number of carbonyl (C=O) groups excluding carboxylic acids is 3. The fourth-order valence-electron chi connectivity index (χ4n) is 4.69. The van der Waals surface area contributed by atoms with Gasteiger partial charge in [0.25, 0.3) is 0 Å². The number of hydrogen-bond donors (Lipinski definition) is 1. The number of esters is 3. The molecule has 1 unspecified atom stereocenters. The van der Waals surface area contributed by atoms with Gasteiger partial charge in [0.05, 0.1) is 49.0 Å². The summed E-state index contributed by atoms with van der Waals surface area (Å²) in [5.74, 6) is -3.03. The van der Waals surface area contributed by atoms with Gasteiger partial charge in [-0.3, -0.25) is 4.90 Å². The van der Waals surface area contributed by atoms with E-state index in [1.165, 1.54) is 19.1 Å². The fourth-order valence-corrected chi connectivity index (χ4v) is 4.69. The maximum Gasteiger partial charge on any atom is 0.355 e. The van der Waals surface area contributed by atoms with Crippen molar-refractivity contribution in [2.75, 3.05) is 19.1 Å². The van der Waals surface area contributed by atoms with Gasteiger partial charge in [-0.15, -0.1) is 0 Å². The smallest absolute Gasteiger partial charge is 0.355 e. The summed E-state index contributed by atoms with van der Waals surface area (Å²) in [6.45, 7) is 3.56. The lowest BCUT2D eigenvalue weighted by molar-refractivity contribution is -0.139. The first kappa shape index (κ1) is 28.6. The van der Waals surface area contributed by atoms with Crippen LogP contribution in [0.2, 0.25) is 0 Å². The van der Waals surface area contributed by atoms with E-state index in [2.05, 4.69) is 6.07 Å². The SMILES string of the molecule is COC(=O)C1=C(C(=O)OC)N(c2ccc(-c3cccc(C(=O)OC(C)C)c3)cc2)C(N)=C(C#N)C1c1ccccc1. The highest BCUT2D eigenvalue weighted by Crippen LogP contribution is 2.43.